The zero-order valence-electron chi connectivity index (χ0n) is 9.50. The molecule has 1 aliphatic carbocycles. The fourth-order valence-corrected chi connectivity index (χ4v) is 2.41. The minimum atomic E-state index is 0.249. The fraction of sp³-hybridized carbons (Fsp3) is 0.769. The average Bonchev–Trinajstić information content (AvgIpc) is 2.30. The van der Waals surface area contributed by atoms with Gasteiger partial charge in [-0.05, 0) is 43.6 Å². The summed E-state index contributed by atoms with van der Waals surface area (Å²) < 4.78 is 5.28. The molecule has 0 aromatic carbocycles. The Morgan fingerprint density at radius 3 is 2.67 bits per heavy atom. The standard InChI is InChI=1S/C13H20O2/c1-10-2-4-11(5-3-10)13(14)12-6-8-15-9-7-12/h4,10,12H,2-3,5-9H2,1H3. The van der Waals surface area contributed by atoms with Crippen molar-refractivity contribution in [1.82, 2.24) is 0 Å². The molecule has 2 rings (SSSR count). The van der Waals surface area contributed by atoms with E-state index in [1.165, 1.54) is 6.42 Å². The summed E-state index contributed by atoms with van der Waals surface area (Å²) in [5.41, 5.74) is 1.10. The van der Waals surface area contributed by atoms with Gasteiger partial charge in [0.25, 0.3) is 0 Å². The summed E-state index contributed by atoms with van der Waals surface area (Å²) in [4.78, 5) is 12.1. The highest BCUT2D eigenvalue weighted by molar-refractivity contribution is 5.97. The molecular weight excluding hydrogens is 188 g/mol. The van der Waals surface area contributed by atoms with Gasteiger partial charge in [-0.1, -0.05) is 13.0 Å². The van der Waals surface area contributed by atoms with Crippen LogP contribution in [-0.2, 0) is 9.53 Å². The molecule has 1 heterocycles. The Labute approximate surface area is 91.7 Å². The number of Topliss-reactive ketones (excluding diaryl/α,β-unsaturated/α-hetero) is 1. The maximum Gasteiger partial charge on any atom is 0.161 e. The third-order valence-corrected chi connectivity index (χ3v) is 3.58. The summed E-state index contributed by atoms with van der Waals surface area (Å²) in [6.07, 6.45) is 7.28. The van der Waals surface area contributed by atoms with Crippen LogP contribution >= 0.6 is 0 Å². The van der Waals surface area contributed by atoms with Crippen molar-refractivity contribution in [2.24, 2.45) is 11.8 Å². The van der Waals surface area contributed by atoms with Crippen molar-refractivity contribution < 1.29 is 9.53 Å². The van der Waals surface area contributed by atoms with Gasteiger partial charge in [0, 0.05) is 19.1 Å². The van der Waals surface area contributed by atoms with E-state index in [1.807, 2.05) is 0 Å². The first-order chi connectivity index (χ1) is 7.27. The molecule has 0 aromatic rings. The smallest absolute Gasteiger partial charge is 0.161 e. The van der Waals surface area contributed by atoms with Gasteiger partial charge in [-0.15, -0.1) is 0 Å². The van der Waals surface area contributed by atoms with E-state index in [2.05, 4.69) is 13.0 Å². The van der Waals surface area contributed by atoms with Gasteiger partial charge in [0.05, 0.1) is 0 Å². The predicted molar refractivity (Wildman–Crippen MR) is 59.6 cm³/mol. The van der Waals surface area contributed by atoms with Crippen molar-refractivity contribution in [3.05, 3.63) is 11.6 Å². The molecule has 0 bridgehead atoms. The molecule has 0 spiro atoms. The summed E-state index contributed by atoms with van der Waals surface area (Å²) in [6.45, 7) is 3.78. The lowest BCUT2D eigenvalue weighted by atomic mass is 9.83. The van der Waals surface area contributed by atoms with Gasteiger partial charge in [0.15, 0.2) is 5.78 Å². The summed E-state index contributed by atoms with van der Waals surface area (Å²) in [7, 11) is 0. The Bertz CT molecular complexity index is 262. The van der Waals surface area contributed by atoms with E-state index in [9.17, 15) is 4.79 Å². The highest BCUT2D eigenvalue weighted by atomic mass is 16.5. The second kappa shape index (κ2) is 4.93. The summed E-state index contributed by atoms with van der Waals surface area (Å²) in [5, 5.41) is 0. The number of rotatable bonds is 2. The number of carbonyl (C=O) groups is 1. The average molecular weight is 208 g/mol. The molecule has 1 atom stereocenters. The number of ketones is 1. The molecule has 0 radical (unpaired) electrons. The first-order valence-electron chi connectivity index (χ1n) is 6.08. The first-order valence-corrected chi connectivity index (χ1v) is 6.08. The monoisotopic (exact) mass is 208 g/mol. The Hall–Kier alpha value is -0.630. The van der Waals surface area contributed by atoms with Crippen molar-refractivity contribution in [2.45, 2.75) is 39.0 Å². The Morgan fingerprint density at radius 1 is 1.33 bits per heavy atom. The molecule has 1 aliphatic heterocycles. The molecular formula is C13H20O2. The van der Waals surface area contributed by atoms with E-state index < -0.39 is 0 Å². The van der Waals surface area contributed by atoms with Crippen molar-refractivity contribution in [3.63, 3.8) is 0 Å². The van der Waals surface area contributed by atoms with Crippen LogP contribution in [0.3, 0.4) is 0 Å². The zero-order valence-corrected chi connectivity index (χ0v) is 9.50. The van der Waals surface area contributed by atoms with Crippen LogP contribution in [-0.4, -0.2) is 19.0 Å². The molecule has 84 valence electrons. The minimum absolute atomic E-state index is 0.249. The Morgan fingerprint density at radius 2 is 2.07 bits per heavy atom. The largest absolute Gasteiger partial charge is 0.381 e. The molecule has 0 N–H and O–H groups in total. The second-order valence-electron chi connectivity index (χ2n) is 4.86. The quantitative estimate of drug-likeness (QED) is 0.697. The first kappa shape index (κ1) is 10.9. The van der Waals surface area contributed by atoms with E-state index in [0.717, 1.165) is 50.4 Å². The highest BCUT2D eigenvalue weighted by Crippen LogP contribution is 2.28. The van der Waals surface area contributed by atoms with Crippen LogP contribution in [0.25, 0.3) is 0 Å². The van der Waals surface area contributed by atoms with E-state index in [0.29, 0.717) is 5.78 Å². The van der Waals surface area contributed by atoms with Gasteiger partial charge < -0.3 is 4.74 Å². The van der Waals surface area contributed by atoms with Gasteiger partial charge in [0.2, 0.25) is 0 Å². The van der Waals surface area contributed by atoms with Crippen LogP contribution in [0.15, 0.2) is 11.6 Å². The van der Waals surface area contributed by atoms with E-state index in [4.69, 9.17) is 4.74 Å². The van der Waals surface area contributed by atoms with Gasteiger partial charge in [-0.3, -0.25) is 4.79 Å². The summed E-state index contributed by atoms with van der Waals surface area (Å²) in [6, 6.07) is 0. The van der Waals surface area contributed by atoms with Crippen LogP contribution in [0.5, 0.6) is 0 Å². The fourth-order valence-electron chi connectivity index (χ4n) is 2.41. The van der Waals surface area contributed by atoms with Crippen LogP contribution in [0.2, 0.25) is 0 Å². The lowest BCUT2D eigenvalue weighted by molar-refractivity contribution is -0.122. The number of hydrogen-bond acceptors (Lipinski definition) is 2. The molecule has 0 aromatic heterocycles. The second-order valence-corrected chi connectivity index (χ2v) is 4.86. The van der Waals surface area contributed by atoms with Crippen molar-refractivity contribution >= 4 is 5.78 Å². The molecule has 15 heavy (non-hydrogen) atoms. The van der Waals surface area contributed by atoms with E-state index in [-0.39, 0.29) is 5.92 Å². The SMILES string of the molecule is CC1CC=C(C(=O)C2CCOCC2)CC1. The van der Waals surface area contributed by atoms with Crippen molar-refractivity contribution in [3.8, 4) is 0 Å². The summed E-state index contributed by atoms with van der Waals surface area (Å²) >= 11 is 0. The van der Waals surface area contributed by atoms with Gasteiger partial charge in [-0.2, -0.15) is 0 Å². The molecule has 2 aliphatic rings. The number of carbonyl (C=O) groups excluding carboxylic acids is 1. The van der Waals surface area contributed by atoms with E-state index in [1.54, 1.807) is 0 Å². The maximum atomic E-state index is 12.1. The van der Waals surface area contributed by atoms with Gasteiger partial charge in [-0.25, -0.2) is 0 Å². The van der Waals surface area contributed by atoms with Crippen LogP contribution in [0.4, 0.5) is 0 Å². The normalized spacial score (nSPS) is 28.6. The molecule has 1 fully saturated rings. The van der Waals surface area contributed by atoms with Crippen LogP contribution in [0, 0.1) is 11.8 Å². The molecule has 2 nitrogen and oxygen atoms in total. The van der Waals surface area contributed by atoms with E-state index >= 15 is 0 Å². The molecule has 1 unspecified atom stereocenters. The Balaban J connectivity index is 1.95. The topological polar surface area (TPSA) is 26.3 Å². The third-order valence-electron chi connectivity index (χ3n) is 3.58. The molecule has 0 amide bonds. The third kappa shape index (κ3) is 2.69. The maximum absolute atomic E-state index is 12.1. The minimum Gasteiger partial charge on any atom is -0.381 e. The van der Waals surface area contributed by atoms with Crippen LogP contribution < -0.4 is 0 Å². The molecule has 0 saturated carbocycles. The Kier molecular flexibility index (Phi) is 3.57. The zero-order chi connectivity index (χ0) is 10.7. The van der Waals surface area contributed by atoms with Gasteiger partial charge in [0.1, 0.15) is 0 Å². The highest BCUT2D eigenvalue weighted by Gasteiger charge is 2.25. The lowest BCUT2D eigenvalue weighted by Crippen LogP contribution is -2.25. The number of allylic oxidation sites excluding steroid dienone is 2. The number of hydrogen-bond donors (Lipinski definition) is 0. The molecule has 2 heteroatoms. The summed E-state index contributed by atoms with van der Waals surface area (Å²) in [5.74, 6) is 1.42. The van der Waals surface area contributed by atoms with Crippen LogP contribution in [0.1, 0.15) is 39.0 Å². The van der Waals surface area contributed by atoms with Gasteiger partial charge >= 0.3 is 0 Å². The molecule has 1 saturated heterocycles. The lowest BCUT2D eigenvalue weighted by Gasteiger charge is -2.24. The van der Waals surface area contributed by atoms with Crippen molar-refractivity contribution in [1.29, 1.82) is 0 Å². The predicted octanol–water partition coefficient (Wildman–Crippen LogP) is 2.73. The number of ether oxygens (including phenoxy) is 1. The van der Waals surface area contributed by atoms with Crippen molar-refractivity contribution in [2.75, 3.05) is 13.2 Å².